The van der Waals surface area contributed by atoms with Crippen LogP contribution in [0.15, 0.2) is 35.7 Å². The molecule has 7 nitrogen and oxygen atoms in total. The molecular formula is C13H13N3O4S. The van der Waals surface area contributed by atoms with Crippen molar-refractivity contribution in [3.05, 3.63) is 47.0 Å². The third kappa shape index (κ3) is 5.21. The topological polar surface area (TPSA) is 101 Å². The Bertz CT molecular complexity index is 615. The van der Waals surface area contributed by atoms with E-state index in [-0.39, 0.29) is 24.1 Å². The third-order valence-electron chi connectivity index (χ3n) is 2.37. The number of nitrogens with one attached hydrogen (secondary N) is 2. The molecule has 0 radical (unpaired) electrons. The second kappa shape index (κ2) is 7.36. The lowest BCUT2D eigenvalue weighted by atomic mass is 10.2. The molecule has 3 N–H and O–H groups in total. The maximum absolute atomic E-state index is 11.6. The Morgan fingerprint density at radius 2 is 2.05 bits per heavy atom. The van der Waals surface area contributed by atoms with Crippen LogP contribution in [0.5, 0.6) is 0 Å². The summed E-state index contributed by atoms with van der Waals surface area (Å²) in [6.45, 7) is 0.273. The second-order valence-corrected chi connectivity index (χ2v) is 4.91. The van der Waals surface area contributed by atoms with E-state index >= 15 is 0 Å². The van der Waals surface area contributed by atoms with Gasteiger partial charge in [-0.15, -0.1) is 11.3 Å². The van der Waals surface area contributed by atoms with Gasteiger partial charge in [-0.2, -0.15) is 0 Å². The van der Waals surface area contributed by atoms with Gasteiger partial charge in [-0.25, -0.2) is 15.3 Å². The van der Waals surface area contributed by atoms with Gasteiger partial charge in [0.2, 0.25) is 5.91 Å². The number of carboxylic acid groups (broad SMARTS) is 1. The molecule has 0 saturated carbocycles. The fourth-order valence-corrected chi connectivity index (χ4v) is 2.21. The second-order valence-electron chi connectivity index (χ2n) is 4.05. The predicted octanol–water partition coefficient (Wildman–Crippen LogP) is 2.02. The van der Waals surface area contributed by atoms with E-state index in [9.17, 15) is 9.59 Å². The highest BCUT2D eigenvalue weighted by Gasteiger charge is 2.09. The van der Waals surface area contributed by atoms with Gasteiger partial charge in [0, 0.05) is 5.38 Å². The van der Waals surface area contributed by atoms with Crippen LogP contribution in [-0.4, -0.2) is 22.1 Å². The van der Waals surface area contributed by atoms with Gasteiger partial charge in [-0.1, -0.05) is 30.3 Å². The Balaban J connectivity index is 1.74. The van der Waals surface area contributed by atoms with Gasteiger partial charge in [0.05, 0.1) is 18.7 Å². The van der Waals surface area contributed by atoms with Crippen LogP contribution in [0.1, 0.15) is 11.3 Å². The third-order valence-corrected chi connectivity index (χ3v) is 3.18. The molecule has 0 aliphatic rings. The molecule has 0 fully saturated rings. The van der Waals surface area contributed by atoms with Crippen LogP contribution in [-0.2, 0) is 22.7 Å². The average Bonchev–Trinajstić information content (AvgIpc) is 2.86. The molecule has 0 bridgehead atoms. The predicted molar refractivity (Wildman–Crippen MR) is 76.8 cm³/mol. The number of carbonyl (C=O) groups excluding carboxylic acids is 1. The Labute approximate surface area is 124 Å². The average molecular weight is 307 g/mol. The number of hydrogen-bond donors (Lipinski definition) is 3. The van der Waals surface area contributed by atoms with Crippen molar-refractivity contribution in [1.82, 2.24) is 10.5 Å². The van der Waals surface area contributed by atoms with E-state index in [1.54, 1.807) is 5.38 Å². The number of nitrogens with zero attached hydrogens (tertiary/aromatic N) is 1. The highest BCUT2D eigenvalue weighted by atomic mass is 32.1. The Hall–Kier alpha value is -2.45. The van der Waals surface area contributed by atoms with Crippen molar-refractivity contribution in [2.24, 2.45) is 0 Å². The van der Waals surface area contributed by atoms with Gasteiger partial charge in [-0.05, 0) is 5.56 Å². The molecule has 0 spiro atoms. The number of benzene rings is 1. The van der Waals surface area contributed by atoms with Gasteiger partial charge in [0.15, 0.2) is 5.13 Å². The molecule has 1 aromatic heterocycles. The van der Waals surface area contributed by atoms with E-state index in [4.69, 9.17) is 9.94 Å². The zero-order chi connectivity index (χ0) is 15.1. The number of rotatable bonds is 6. The Kier molecular flexibility index (Phi) is 5.24. The van der Waals surface area contributed by atoms with Gasteiger partial charge in [0.1, 0.15) is 0 Å². The minimum absolute atomic E-state index is 0.0204. The largest absolute Gasteiger partial charge is 0.465 e. The number of hydrogen-bond acceptors (Lipinski definition) is 5. The highest BCUT2D eigenvalue weighted by Crippen LogP contribution is 2.15. The zero-order valence-corrected chi connectivity index (χ0v) is 11.7. The maximum Gasteiger partial charge on any atom is 0.410 e. The molecule has 2 amide bonds. The smallest absolute Gasteiger partial charge is 0.410 e. The minimum atomic E-state index is -1.19. The molecule has 0 aliphatic carbocycles. The van der Waals surface area contributed by atoms with Crippen molar-refractivity contribution in [3.63, 3.8) is 0 Å². The monoisotopic (exact) mass is 307 g/mol. The van der Waals surface area contributed by atoms with Crippen molar-refractivity contribution in [2.75, 3.05) is 5.32 Å². The van der Waals surface area contributed by atoms with Crippen molar-refractivity contribution < 1.29 is 19.5 Å². The first-order valence-electron chi connectivity index (χ1n) is 6.02. The van der Waals surface area contributed by atoms with Crippen LogP contribution in [0.4, 0.5) is 9.93 Å². The van der Waals surface area contributed by atoms with Gasteiger partial charge in [0.25, 0.3) is 0 Å². The molecule has 110 valence electrons. The molecule has 0 saturated heterocycles. The number of amides is 2. The SMILES string of the molecule is O=C(O)Nc1nc(CC(=O)NOCc2ccccc2)cs1. The van der Waals surface area contributed by atoms with Crippen molar-refractivity contribution >= 4 is 28.5 Å². The number of carbonyl (C=O) groups is 2. The zero-order valence-electron chi connectivity index (χ0n) is 10.9. The fraction of sp³-hybridized carbons (Fsp3) is 0.154. The molecule has 0 aliphatic heterocycles. The quantitative estimate of drug-likeness (QED) is 0.709. The van der Waals surface area contributed by atoms with Crippen LogP contribution >= 0.6 is 11.3 Å². The summed E-state index contributed by atoms with van der Waals surface area (Å²) >= 11 is 1.12. The van der Waals surface area contributed by atoms with Crippen LogP contribution in [0.2, 0.25) is 0 Å². The maximum atomic E-state index is 11.6. The molecule has 21 heavy (non-hydrogen) atoms. The van der Waals surface area contributed by atoms with E-state index < -0.39 is 6.09 Å². The molecule has 1 aromatic carbocycles. The molecule has 2 rings (SSSR count). The lowest BCUT2D eigenvalue weighted by Crippen LogP contribution is -2.25. The summed E-state index contributed by atoms with van der Waals surface area (Å²) in [5.74, 6) is -0.349. The van der Waals surface area contributed by atoms with E-state index in [0.29, 0.717) is 5.69 Å². The number of anilines is 1. The summed E-state index contributed by atoms with van der Waals surface area (Å²) in [4.78, 5) is 31.1. The summed E-state index contributed by atoms with van der Waals surface area (Å²) in [6, 6.07) is 9.43. The Morgan fingerprint density at radius 3 is 2.76 bits per heavy atom. The number of aromatic nitrogens is 1. The molecule has 1 heterocycles. The summed E-state index contributed by atoms with van der Waals surface area (Å²) in [6.07, 6.45) is -1.17. The first kappa shape index (κ1) is 14.9. The highest BCUT2D eigenvalue weighted by molar-refractivity contribution is 7.13. The number of thiazole rings is 1. The van der Waals surface area contributed by atoms with Crippen molar-refractivity contribution in [1.29, 1.82) is 0 Å². The Morgan fingerprint density at radius 1 is 1.29 bits per heavy atom. The molecule has 0 unspecified atom stereocenters. The van der Waals surface area contributed by atoms with Crippen LogP contribution < -0.4 is 10.8 Å². The molecule has 0 atom stereocenters. The van der Waals surface area contributed by atoms with Gasteiger partial charge in [-0.3, -0.25) is 14.9 Å². The fourth-order valence-electron chi connectivity index (χ4n) is 1.51. The van der Waals surface area contributed by atoms with E-state index in [1.807, 2.05) is 30.3 Å². The number of hydroxylamine groups is 1. The van der Waals surface area contributed by atoms with E-state index in [0.717, 1.165) is 16.9 Å². The van der Waals surface area contributed by atoms with Gasteiger partial charge < -0.3 is 5.11 Å². The van der Waals surface area contributed by atoms with Crippen LogP contribution in [0.3, 0.4) is 0 Å². The normalized spacial score (nSPS) is 10.1. The summed E-state index contributed by atoms with van der Waals surface area (Å²) in [5, 5.41) is 12.5. The first-order chi connectivity index (χ1) is 10.1. The summed E-state index contributed by atoms with van der Waals surface area (Å²) < 4.78 is 0. The lowest BCUT2D eigenvalue weighted by Gasteiger charge is -2.04. The first-order valence-corrected chi connectivity index (χ1v) is 6.90. The van der Waals surface area contributed by atoms with Crippen molar-refractivity contribution in [2.45, 2.75) is 13.0 Å². The minimum Gasteiger partial charge on any atom is -0.465 e. The molecule has 8 heteroatoms. The molecular weight excluding hydrogens is 294 g/mol. The van der Waals surface area contributed by atoms with Crippen LogP contribution in [0, 0.1) is 0 Å². The summed E-state index contributed by atoms with van der Waals surface area (Å²) in [7, 11) is 0. The van der Waals surface area contributed by atoms with Crippen LogP contribution in [0.25, 0.3) is 0 Å². The van der Waals surface area contributed by atoms with Gasteiger partial charge >= 0.3 is 6.09 Å². The summed E-state index contributed by atoms with van der Waals surface area (Å²) in [5.41, 5.74) is 3.74. The van der Waals surface area contributed by atoms with E-state index in [1.165, 1.54) is 0 Å². The van der Waals surface area contributed by atoms with E-state index in [2.05, 4.69) is 15.8 Å². The van der Waals surface area contributed by atoms with Crippen molar-refractivity contribution in [3.8, 4) is 0 Å². The standard InChI is InChI=1S/C13H13N3O4S/c17-11(16-20-7-9-4-2-1-3-5-9)6-10-8-21-12(14-10)15-13(18)19/h1-5,8H,6-7H2,(H,14,15)(H,16,17)(H,18,19). The lowest BCUT2D eigenvalue weighted by molar-refractivity contribution is -0.133. The molecule has 2 aromatic rings.